The van der Waals surface area contributed by atoms with Gasteiger partial charge in [-0.05, 0) is 49.3 Å². The van der Waals surface area contributed by atoms with E-state index in [9.17, 15) is 10.1 Å². The third-order valence-corrected chi connectivity index (χ3v) is 4.61. The second-order valence-electron chi connectivity index (χ2n) is 6.66. The van der Waals surface area contributed by atoms with Crippen LogP contribution in [0.4, 0.5) is 17.5 Å². The Morgan fingerprint density at radius 3 is 2.33 bits per heavy atom. The number of amides is 1. The number of nitrogens with one attached hydrogen (secondary N) is 2. The molecule has 1 aromatic carbocycles. The Bertz CT molecular complexity index is 870. The molecule has 0 aliphatic heterocycles. The van der Waals surface area contributed by atoms with E-state index in [-0.39, 0.29) is 11.9 Å². The summed E-state index contributed by atoms with van der Waals surface area (Å²) < 4.78 is 0. The van der Waals surface area contributed by atoms with Gasteiger partial charge in [0.2, 0.25) is 11.9 Å². The average Bonchev–Trinajstić information content (AvgIpc) is 2.57. The molecule has 8 heteroatoms. The van der Waals surface area contributed by atoms with Gasteiger partial charge in [0.1, 0.15) is 22.7 Å². The van der Waals surface area contributed by atoms with Gasteiger partial charge in [0.05, 0.1) is 0 Å². The van der Waals surface area contributed by atoms with Gasteiger partial charge in [0.15, 0.2) is 5.82 Å². The van der Waals surface area contributed by atoms with Crippen molar-refractivity contribution in [2.45, 2.75) is 38.8 Å². The predicted molar refractivity (Wildman–Crippen MR) is 109 cm³/mol. The Morgan fingerprint density at radius 2 is 1.85 bits per heavy atom. The topological polar surface area (TPSA) is 117 Å². The third kappa shape index (κ3) is 5.11. The van der Waals surface area contributed by atoms with Crippen molar-refractivity contribution >= 4 is 35.1 Å². The molecule has 0 aliphatic rings. The maximum absolute atomic E-state index is 11.7. The Morgan fingerprint density at radius 1 is 1.22 bits per heavy atom. The lowest BCUT2D eigenvalue weighted by Crippen LogP contribution is -2.40. The number of nitriles is 1. The molecule has 2 rings (SSSR count). The van der Waals surface area contributed by atoms with Crippen molar-refractivity contribution in [1.82, 2.24) is 9.97 Å². The predicted octanol–water partition coefficient (Wildman–Crippen LogP) is 3.35. The molecule has 27 heavy (non-hydrogen) atoms. The van der Waals surface area contributed by atoms with Crippen molar-refractivity contribution < 1.29 is 4.79 Å². The number of primary amides is 1. The first-order valence-corrected chi connectivity index (χ1v) is 9.75. The number of aromatic nitrogens is 2. The molecular weight excluding hydrogens is 360 g/mol. The van der Waals surface area contributed by atoms with Gasteiger partial charge >= 0.3 is 0 Å². The molecule has 0 saturated heterocycles. The van der Waals surface area contributed by atoms with Crippen molar-refractivity contribution in [2.24, 2.45) is 11.7 Å². The summed E-state index contributed by atoms with van der Waals surface area (Å²) in [4.78, 5) is 20.5. The molecule has 1 amide bonds. The Hall–Kier alpha value is -2.79. The van der Waals surface area contributed by atoms with Crippen LogP contribution in [0.1, 0.15) is 30.5 Å². The molecular formula is C19H24N6OS. The largest absolute Gasteiger partial charge is 0.368 e. The normalized spacial score (nSPS) is 11.7. The van der Waals surface area contributed by atoms with E-state index in [1.165, 1.54) is 11.8 Å². The van der Waals surface area contributed by atoms with Crippen molar-refractivity contribution in [3.63, 3.8) is 0 Å². The van der Waals surface area contributed by atoms with Crippen LogP contribution in [-0.2, 0) is 4.79 Å². The second-order valence-corrected chi connectivity index (χ2v) is 7.46. The third-order valence-electron chi connectivity index (χ3n) is 3.92. The first kappa shape index (κ1) is 20.5. The van der Waals surface area contributed by atoms with Gasteiger partial charge in [-0.25, -0.2) is 4.98 Å². The number of aryl methyl sites for hydroxylation is 2. The molecule has 0 bridgehead atoms. The number of thioether (sulfide) groups is 1. The van der Waals surface area contributed by atoms with E-state index >= 15 is 0 Å². The van der Waals surface area contributed by atoms with Gasteiger partial charge in [0.25, 0.3) is 0 Å². The summed E-state index contributed by atoms with van der Waals surface area (Å²) in [5.74, 6) is 0.127. The maximum atomic E-state index is 11.7. The smallest absolute Gasteiger partial charge is 0.240 e. The molecule has 0 spiro atoms. The summed E-state index contributed by atoms with van der Waals surface area (Å²) in [6.07, 6.45) is 1.83. The van der Waals surface area contributed by atoms with Crippen molar-refractivity contribution in [1.29, 1.82) is 5.26 Å². The molecule has 4 N–H and O–H groups in total. The van der Waals surface area contributed by atoms with Gasteiger partial charge in [-0.3, -0.25) is 4.79 Å². The van der Waals surface area contributed by atoms with Gasteiger partial charge in [0, 0.05) is 5.69 Å². The van der Waals surface area contributed by atoms with E-state index in [0.29, 0.717) is 16.4 Å². The number of anilines is 3. The second kappa shape index (κ2) is 8.73. The molecule has 1 heterocycles. The number of hydrogen-bond donors (Lipinski definition) is 3. The number of carbonyl (C=O) groups is 1. The molecule has 0 fully saturated rings. The SMILES string of the molecule is CSc1nc(N[C@@H](C(N)=O)C(C)C)nc(Nc2cc(C)cc(C)c2)c1C#N. The number of nitrogens with two attached hydrogens (primary N) is 1. The maximum Gasteiger partial charge on any atom is 0.240 e. The Balaban J connectivity index is 2.48. The molecule has 0 saturated carbocycles. The minimum absolute atomic E-state index is 0.0321. The van der Waals surface area contributed by atoms with E-state index in [1.807, 2.05) is 46.1 Å². The molecule has 7 nitrogen and oxygen atoms in total. The summed E-state index contributed by atoms with van der Waals surface area (Å²) in [6.45, 7) is 7.78. The summed E-state index contributed by atoms with van der Waals surface area (Å²) in [5.41, 5.74) is 8.86. The highest BCUT2D eigenvalue weighted by molar-refractivity contribution is 7.98. The van der Waals surface area contributed by atoms with Crippen LogP contribution in [0.25, 0.3) is 0 Å². The van der Waals surface area contributed by atoms with Crippen LogP contribution in [0.2, 0.25) is 0 Å². The Kier molecular flexibility index (Phi) is 6.64. The zero-order chi connectivity index (χ0) is 20.1. The van der Waals surface area contributed by atoms with E-state index in [0.717, 1.165) is 16.8 Å². The van der Waals surface area contributed by atoms with Crippen molar-refractivity contribution in [3.05, 3.63) is 34.9 Å². The van der Waals surface area contributed by atoms with Crippen LogP contribution >= 0.6 is 11.8 Å². The highest BCUT2D eigenvalue weighted by atomic mass is 32.2. The molecule has 142 valence electrons. The number of carbonyl (C=O) groups excluding carboxylic acids is 1. The lowest BCUT2D eigenvalue weighted by atomic mass is 10.0. The first-order chi connectivity index (χ1) is 12.7. The molecule has 1 aromatic heterocycles. The lowest BCUT2D eigenvalue weighted by molar-refractivity contribution is -0.119. The standard InChI is InChI=1S/C19H24N6OS/c1-10(2)15(16(21)26)23-19-24-17(14(9-20)18(25-19)27-5)22-13-7-11(3)6-12(4)8-13/h6-8,10,15H,1-5H3,(H2,21,26)(H2,22,23,24,25)/t15-/m1/s1. The van der Waals surface area contributed by atoms with Gasteiger partial charge in [-0.2, -0.15) is 10.2 Å². The molecule has 0 unspecified atom stereocenters. The number of hydrogen-bond acceptors (Lipinski definition) is 7. The van der Waals surface area contributed by atoms with Gasteiger partial charge in [-0.1, -0.05) is 19.9 Å². The van der Waals surface area contributed by atoms with Crippen molar-refractivity contribution in [3.8, 4) is 6.07 Å². The van der Waals surface area contributed by atoms with E-state index in [4.69, 9.17) is 5.73 Å². The zero-order valence-corrected chi connectivity index (χ0v) is 16.9. The van der Waals surface area contributed by atoms with Crippen LogP contribution < -0.4 is 16.4 Å². The lowest BCUT2D eigenvalue weighted by Gasteiger charge is -2.20. The van der Waals surface area contributed by atoms with E-state index < -0.39 is 11.9 Å². The van der Waals surface area contributed by atoms with E-state index in [2.05, 4.69) is 32.7 Å². The molecule has 0 aliphatic carbocycles. The molecule has 2 aromatic rings. The summed E-state index contributed by atoms with van der Waals surface area (Å²) in [7, 11) is 0. The van der Waals surface area contributed by atoms with Crippen LogP contribution in [0, 0.1) is 31.1 Å². The number of nitrogens with zero attached hydrogens (tertiary/aromatic N) is 3. The van der Waals surface area contributed by atoms with Crippen LogP contribution in [-0.4, -0.2) is 28.2 Å². The number of rotatable bonds is 7. The minimum Gasteiger partial charge on any atom is -0.368 e. The fraction of sp³-hybridized carbons (Fsp3) is 0.368. The summed E-state index contributed by atoms with van der Waals surface area (Å²) >= 11 is 1.34. The monoisotopic (exact) mass is 384 g/mol. The zero-order valence-electron chi connectivity index (χ0n) is 16.1. The van der Waals surface area contributed by atoms with Gasteiger partial charge in [-0.15, -0.1) is 11.8 Å². The number of benzene rings is 1. The average molecular weight is 385 g/mol. The van der Waals surface area contributed by atoms with Gasteiger partial charge < -0.3 is 16.4 Å². The summed E-state index contributed by atoms with van der Waals surface area (Å²) in [5, 5.41) is 16.3. The highest BCUT2D eigenvalue weighted by Crippen LogP contribution is 2.28. The van der Waals surface area contributed by atoms with E-state index in [1.54, 1.807) is 0 Å². The van der Waals surface area contributed by atoms with Crippen molar-refractivity contribution in [2.75, 3.05) is 16.9 Å². The first-order valence-electron chi connectivity index (χ1n) is 8.52. The fourth-order valence-electron chi connectivity index (χ4n) is 2.73. The van der Waals surface area contributed by atoms with Crippen LogP contribution in [0.5, 0.6) is 0 Å². The highest BCUT2D eigenvalue weighted by Gasteiger charge is 2.22. The Labute approximate surface area is 163 Å². The summed E-state index contributed by atoms with van der Waals surface area (Å²) in [6, 6.07) is 7.57. The van der Waals surface area contributed by atoms with Crippen LogP contribution in [0.3, 0.4) is 0 Å². The molecule has 1 atom stereocenters. The quantitative estimate of drug-likeness (QED) is 0.495. The minimum atomic E-state index is -0.610. The van der Waals surface area contributed by atoms with Crippen LogP contribution in [0.15, 0.2) is 23.2 Å². The molecule has 0 radical (unpaired) electrons. The fourth-order valence-corrected chi connectivity index (χ4v) is 3.26.